The van der Waals surface area contributed by atoms with E-state index >= 15 is 0 Å². The number of para-hydroxylation sites is 1. The number of carboxylic acid groups (broad SMARTS) is 1. The second-order valence-electron chi connectivity index (χ2n) is 11.8. The minimum absolute atomic E-state index is 0.0227. The van der Waals surface area contributed by atoms with Crippen LogP contribution in [0.2, 0.25) is 0 Å². The van der Waals surface area contributed by atoms with Crippen molar-refractivity contribution in [1.82, 2.24) is 20.5 Å². The molecule has 0 spiro atoms. The van der Waals surface area contributed by atoms with Crippen molar-refractivity contribution in [2.24, 2.45) is 11.3 Å². The highest BCUT2D eigenvalue weighted by Gasteiger charge is 2.42. The number of likely N-dealkylation sites (N-methyl/N-ethyl adjacent to an activating group) is 2. The number of fused-ring (bicyclic) bond motifs is 1. The van der Waals surface area contributed by atoms with E-state index in [1.165, 1.54) is 6.92 Å². The number of hydrogen-bond donors (Lipinski definition) is 4. The van der Waals surface area contributed by atoms with Crippen LogP contribution in [0.15, 0.2) is 42.1 Å². The molecule has 0 saturated carbocycles. The zero-order valence-electron chi connectivity index (χ0n) is 23.9. The van der Waals surface area contributed by atoms with Crippen LogP contribution in [0, 0.1) is 11.3 Å². The average molecular weight is 513 g/mol. The molecule has 1 aromatic carbocycles. The van der Waals surface area contributed by atoms with Gasteiger partial charge in [0, 0.05) is 35.1 Å². The van der Waals surface area contributed by atoms with Gasteiger partial charge in [-0.05, 0) is 36.9 Å². The maximum Gasteiger partial charge on any atom is 0.331 e. The van der Waals surface area contributed by atoms with Crippen LogP contribution in [0.1, 0.15) is 61.0 Å². The van der Waals surface area contributed by atoms with Gasteiger partial charge in [0.1, 0.15) is 6.04 Å². The second kappa shape index (κ2) is 11.5. The van der Waals surface area contributed by atoms with Gasteiger partial charge in [-0.25, -0.2) is 4.79 Å². The van der Waals surface area contributed by atoms with E-state index in [1.54, 1.807) is 25.1 Å². The number of carbonyl (C=O) groups excluding carboxylic acids is 2. The number of hydrogen-bond acceptors (Lipinski definition) is 4. The van der Waals surface area contributed by atoms with Crippen molar-refractivity contribution < 1.29 is 19.5 Å². The molecule has 8 heteroatoms. The Morgan fingerprint density at radius 2 is 1.65 bits per heavy atom. The van der Waals surface area contributed by atoms with Gasteiger partial charge in [0.15, 0.2) is 0 Å². The lowest BCUT2D eigenvalue weighted by atomic mass is 9.76. The van der Waals surface area contributed by atoms with Crippen molar-refractivity contribution in [3.05, 3.63) is 47.7 Å². The normalized spacial score (nSPS) is 15.4. The van der Waals surface area contributed by atoms with E-state index in [0.29, 0.717) is 0 Å². The van der Waals surface area contributed by atoms with Crippen LogP contribution in [0.5, 0.6) is 0 Å². The van der Waals surface area contributed by atoms with Crippen LogP contribution in [-0.2, 0) is 19.8 Å². The summed E-state index contributed by atoms with van der Waals surface area (Å²) in [7, 11) is 3.41. The topological polar surface area (TPSA) is 115 Å². The van der Waals surface area contributed by atoms with Gasteiger partial charge >= 0.3 is 5.97 Å². The quantitative estimate of drug-likeness (QED) is 0.358. The molecule has 204 valence electrons. The number of carboxylic acids is 1. The Labute approximate surface area is 220 Å². The number of H-pyrrole nitrogens is 1. The summed E-state index contributed by atoms with van der Waals surface area (Å²) in [4.78, 5) is 43.8. The third kappa shape index (κ3) is 6.60. The molecule has 37 heavy (non-hydrogen) atoms. The summed E-state index contributed by atoms with van der Waals surface area (Å²) < 4.78 is 0. The van der Waals surface area contributed by atoms with Crippen LogP contribution in [0.3, 0.4) is 0 Å². The molecule has 0 bridgehead atoms. The van der Waals surface area contributed by atoms with Crippen LogP contribution in [-0.4, -0.2) is 65.0 Å². The summed E-state index contributed by atoms with van der Waals surface area (Å²) in [6.45, 7) is 15.1. The minimum atomic E-state index is -1.02. The van der Waals surface area contributed by atoms with E-state index in [2.05, 4.69) is 15.6 Å². The molecule has 3 atom stereocenters. The third-order valence-electron chi connectivity index (χ3n) is 7.19. The molecule has 8 nitrogen and oxygen atoms in total. The fourth-order valence-electron chi connectivity index (χ4n) is 4.88. The van der Waals surface area contributed by atoms with Crippen molar-refractivity contribution in [1.29, 1.82) is 0 Å². The predicted octanol–water partition coefficient (Wildman–Crippen LogP) is 4.08. The number of nitrogens with one attached hydrogen (secondary N) is 3. The molecular weight excluding hydrogens is 468 g/mol. The van der Waals surface area contributed by atoms with E-state index in [0.717, 1.165) is 16.5 Å². The zero-order valence-corrected chi connectivity index (χ0v) is 23.9. The standard InChI is InChI=1S/C29H44N4O4/c1-17(2)22(15-18(3)27(36)37)33(10)26(35)24(28(4,5)6)32-25(34)23(30-9)29(7,8)20-16-31-21-14-12-11-13-19(20)21/h11-17,22-24,30-31H,1-10H3,(H,32,34)(H,36,37)/t22-,23?,24-/m1/s1. The van der Waals surface area contributed by atoms with Gasteiger partial charge in [-0.15, -0.1) is 0 Å². The Morgan fingerprint density at radius 1 is 1.05 bits per heavy atom. The number of amides is 2. The van der Waals surface area contributed by atoms with E-state index in [-0.39, 0.29) is 23.3 Å². The van der Waals surface area contributed by atoms with Gasteiger partial charge in [0.05, 0.1) is 12.1 Å². The highest BCUT2D eigenvalue weighted by molar-refractivity contribution is 5.93. The fourth-order valence-corrected chi connectivity index (χ4v) is 4.88. The smallest absolute Gasteiger partial charge is 0.331 e. The van der Waals surface area contributed by atoms with E-state index in [4.69, 9.17) is 0 Å². The van der Waals surface area contributed by atoms with E-state index < -0.39 is 34.9 Å². The van der Waals surface area contributed by atoms with Crippen LogP contribution in [0.25, 0.3) is 10.9 Å². The minimum Gasteiger partial charge on any atom is -0.478 e. The fraction of sp³-hybridized carbons (Fsp3) is 0.552. The first-order valence-electron chi connectivity index (χ1n) is 12.8. The van der Waals surface area contributed by atoms with Gasteiger partial charge in [-0.2, -0.15) is 0 Å². The lowest BCUT2D eigenvalue weighted by molar-refractivity contribution is -0.141. The van der Waals surface area contributed by atoms with Gasteiger partial charge in [-0.1, -0.05) is 72.7 Å². The van der Waals surface area contributed by atoms with Crippen LogP contribution in [0.4, 0.5) is 0 Å². The summed E-state index contributed by atoms with van der Waals surface area (Å²) in [6.07, 6.45) is 3.54. The first kappa shape index (κ1) is 30.1. The summed E-state index contributed by atoms with van der Waals surface area (Å²) in [5.41, 5.74) is 0.983. The molecule has 0 aliphatic carbocycles. The number of aliphatic carboxylic acids is 1. The monoisotopic (exact) mass is 512 g/mol. The Bertz CT molecular complexity index is 1160. The highest BCUT2D eigenvalue weighted by atomic mass is 16.4. The SMILES string of the molecule is CNC(C(=O)N[C@H](C(=O)N(C)[C@H](C=C(C)C(=O)O)C(C)C)C(C)(C)C)C(C)(C)c1c[nH]c2ccccc12. The number of nitrogens with zero attached hydrogens (tertiary/aromatic N) is 1. The molecule has 0 aliphatic rings. The molecule has 0 aliphatic heterocycles. The Morgan fingerprint density at radius 3 is 2.16 bits per heavy atom. The molecule has 1 aromatic heterocycles. The first-order chi connectivity index (χ1) is 17.0. The van der Waals surface area contributed by atoms with Crippen molar-refractivity contribution in [2.75, 3.05) is 14.1 Å². The largest absolute Gasteiger partial charge is 0.478 e. The Hall–Kier alpha value is -3.13. The van der Waals surface area contributed by atoms with Crippen molar-refractivity contribution >= 4 is 28.7 Å². The lowest BCUT2D eigenvalue weighted by Crippen LogP contribution is -2.61. The highest BCUT2D eigenvalue weighted by Crippen LogP contribution is 2.34. The van der Waals surface area contributed by atoms with Gasteiger partial charge in [0.25, 0.3) is 0 Å². The van der Waals surface area contributed by atoms with E-state index in [9.17, 15) is 19.5 Å². The average Bonchev–Trinajstić information content (AvgIpc) is 3.24. The molecule has 4 N–H and O–H groups in total. The maximum atomic E-state index is 13.8. The summed E-state index contributed by atoms with van der Waals surface area (Å²) in [5.74, 6) is -1.60. The number of aromatic amines is 1. The number of benzene rings is 1. The second-order valence-corrected chi connectivity index (χ2v) is 11.8. The number of carbonyl (C=O) groups is 3. The third-order valence-corrected chi connectivity index (χ3v) is 7.19. The van der Waals surface area contributed by atoms with Crippen molar-refractivity contribution in [3.8, 4) is 0 Å². The molecule has 1 heterocycles. The van der Waals surface area contributed by atoms with Gasteiger partial charge in [0.2, 0.25) is 11.8 Å². The Balaban J connectivity index is 2.40. The summed E-state index contributed by atoms with van der Waals surface area (Å²) in [5, 5.41) is 16.6. The predicted molar refractivity (Wildman–Crippen MR) is 148 cm³/mol. The molecule has 2 rings (SSSR count). The van der Waals surface area contributed by atoms with Crippen molar-refractivity contribution in [3.63, 3.8) is 0 Å². The van der Waals surface area contributed by atoms with Crippen LogP contribution >= 0.6 is 0 Å². The van der Waals surface area contributed by atoms with Crippen molar-refractivity contribution in [2.45, 2.75) is 78.9 Å². The number of rotatable bonds is 10. The van der Waals surface area contributed by atoms with Gasteiger partial charge < -0.3 is 25.6 Å². The lowest BCUT2D eigenvalue weighted by Gasteiger charge is -2.39. The molecule has 1 unspecified atom stereocenters. The first-order valence-corrected chi connectivity index (χ1v) is 12.8. The molecule has 2 aromatic rings. The van der Waals surface area contributed by atoms with Crippen LogP contribution < -0.4 is 10.6 Å². The number of aromatic nitrogens is 1. The van der Waals surface area contributed by atoms with Gasteiger partial charge in [-0.3, -0.25) is 9.59 Å². The van der Waals surface area contributed by atoms with E-state index in [1.807, 2.05) is 78.9 Å². The Kier molecular flexibility index (Phi) is 9.36. The molecule has 0 saturated heterocycles. The molecular formula is C29H44N4O4. The maximum absolute atomic E-state index is 13.8. The zero-order chi connectivity index (χ0) is 28.3. The summed E-state index contributed by atoms with van der Waals surface area (Å²) in [6, 6.07) is 6.09. The molecule has 2 amide bonds. The molecule has 0 radical (unpaired) electrons. The summed E-state index contributed by atoms with van der Waals surface area (Å²) >= 11 is 0. The molecule has 0 fully saturated rings.